The van der Waals surface area contributed by atoms with E-state index in [2.05, 4.69) is 4.72 Å². The minimum Gasteiger partial charge on any atom is -0.492 e. The summed E-state index contributed by atoms with van der Waals surface area (Å²) >= 11 is 0. The Labute approximate surface area is 106 Å². The molecule has 0 aliphatic rings. The van der Waals surface area contributed by atoms with Crippen molar-refractivity contribution < 1.29 is 23.1 Å². The Morgan fingerprint density at radius 2 is 2.11 bits per heavy atom. The van der Waals surface area contributed by atoms with Gasteiger partial charge in [-0.25, -0.2) is 8.42 Å². The number of rotatable bonds is 6. The summed E-state index contributed by atoms with van der Waals surface area (Å²) < 4.78 is 30.5. The predicted molar refractivity (Wildman–Crippen MR) is 67.4 cm³/mol. The van der Waals surface area contributed by atoms with Gasteiger partial charge in [-0.15, -0.1) is 0 Å². The molecule has 0 aliphatic heterocycles. The fraction of sp³-hybridized carbons (Fsp3) is 0.364. The topological polar surface area (TPSA) is 92.7 Å². The van der Waals surface area contributed by atoms with Crippen LogP contribution in [-0.4, -0.2) is 31.9 Å². The van der Waals surface area contributed by atoms with Crippen LogP contribution in [0.5, 0.6) is 5.75 Å². The third kappa shape index (κ3) is 4.25. The van der Waals surface area contributed by atoms with E-state index in [0.29, 0.717) is 12.4 Å². The Morgan fingerprint density at radius 1 is 1.44 bits per heavy atom. The lowest BCUT2D eigenvalue weighted by Gasteiger charge is -2.12. The minimum absolute atomic E-state index is 0.240. The Morgan fingerprint density at radius 3 is 2.67 bits per heavy atom. The van der Waals surface area contributed by atoms with Gasteiger partial charge in [0.2, 0.25) is 10.0 Å². The third-order valence-electron chi connectivity index (χ3n) is 2.02. The van der Waals surface area contributed by atoms with Crippen LogP contribution in [0.1, 0.15) is 12.5 Å². The Bertz CT molecular complexity index is 538. The monoisotopic (exact) mass is 273 g/mol. The molecule has 1 aromatic carbocycles. The van der Waals surface area contributed by atoms with Crippen molar-refractivity contribution in [2.75, 3.05) is 17.1 Å². The highest BCUT2D eigenvalue weighted by Gasteiger charge is 2.17. The lowest BCUT2D eigenvalue weighted by molar-refractivity contribution is -0.134. The van der Waals surface area contributed by atoms with Crippen LogP contribution in [0.25, 0.3) is 0 Å². The lowest BCUT2D eigenvalue weighted by Crippen LogP contribution is -2.22. The third-order valence-corrected chi connectivity index (χ3v) is 3.17. The number of ether oxygens (including phenoxy) is 1. The highest BCUT2D eigenvalue weighted by molar-refractivity contribution is 7.93. The molecule has 0 saturated heterocycles. The van der Waals surface area contributed by atoms with Crippen LogP contribution >= 0.6 is 0 Å². The number of hydrogen-bond acceptors (Lipinski definition) is 4. The molecule has 2 N–H and O–H groups in total. The van der Waals surface area contributed by atoms with Crippen molar-refractivity contribution in [3.05, 3.63) is 23.8 Å². The van der Waals surface area contributed by atoms with Crippen LogP contribution < -0.4 is 9.46 Å². The largest absolute Gasteiger partial charge is 0.492 e. The maximum Gasteiger partial charge on any atom is 0.320 e. The number of carboxylic acid groups (broad SMARTS) is 1. The van der Waals surface area contributed by atoms with Crippen molar-refractivity contribution in [3.8, 4) is 5.75 Å². The molecule has 0 radical (unpaired) electrons. The molecule has 0 unspecified atom stereocenters. The number of anilines is 1. The Balaban J connectivity index is 3.00. The first-order valence-corrected chi connectivity index (χ1v) is 6.95. The standard InChI is InChI=1S/C11H15NO5S/c1-3-17-10-6-8(2)4-5-9(10)12-18(15,16)7-11(13)14/h4-6,12H,3,7H2,1-2H3,(H,13,14). The molecule has 18 heavy (non-hydrogen) atoms. The number of hydrogen-bond donors (Lipinski definition) is 2. The summed E-state index contributed by atoms with van der Waals surface area (Å²) in [6.45, 7) is 4.01. The molecule has 0 amide bonds. The molecule has 1 rings (SSSR count). The maximum absolute atomic E-state index is 11.5. The zero-order valence-electron chi connectivity index (χ0n) is 10.1. The molecular weight excluding hydrogens is 258 g/mol. The normalized spacial score (nSPS) is 11.0. The van der Waals surface area contributed by atoms with Crippen molar-refractivity contribution in [1.82, 2.24) is 0 Å². The summed E-state index contributed by atoms with van der Waals surface area (Å²) in [6.07, 6.45) is 0. The van der Waals surface area contributed by atoms with Crippen molar-refractivity contribution in [1.29, 1.82) is 0 Å². The van der Waals surface area contributed by atoms with E-state index in [1.54, 1.807) is 25.1 Å². The average Bonchev–Trinajstić information content (AvgIpc) is 2.20. The fourth-order valence-corrected chi connectivity index (χ4v) is 2.26. The first-order chi connectivity index (χ1) is 8.34. The molecule has 1 aromatic rings. The van der Waals surface area contributed by atoms with Crippen LogP contribution in [0.2, 0.25) is 0 Å². The van der Waals surface area contributed by atoms with Gasteiger partial charge in [-0.2, -0.15) is 0 Å². The molecule has 0 atom stereocenters. The zero-order valence-corrected chi connectivity index (χ0v) is 11.0. The van der Waals surface area contributed by atoms with Crippen LogP contribution in [-0.2, 0) is 14.8 Å². The molecule has 0 aromatic heterocycles. The van der Waals surface area contributed by atoms with E-state index in [0.717, 1.165) is 5.56 Å². The fourth-order valence-electron chi connectivity index (χ4n) is 1.35. The number of nitrogens with one attached hydrogen (secondary N) is 1. The van der Waals surface area contributed by atoms with E-state index in [1.165, 1.54) is 0 Å². The van der Waals surface area contributed by atoms with Gasteiger partial charge in [0, 0.05) is 0 Å². The Kier molecular flexibility index (Phi) is 4.55. The van der Waals surface area contributed by atoms with Crippen LogP contribution in [0, 0.1) is 6.92 Å². The second-order valence-electron chi connectivity index (χ2n) is 3.69. The number of benzene rings is 1. The molecule has 0 aliphatic carbocycles. The van der Waals surface area contributed by atoms with E-state index in [1.807, 2.05) is 6.92 Å². The molecular formula is C11H15NO5S. The first-order valence-electron chi connectivity index (χ1n) is 5.30. The van der Waals surface area contributed by atoms with Gasteiger partial charge in [-0.3, -0.25) is 9.52 Å². The van der Waals surface area contributed by atoms with Gasteiger partial charge in [-0.1, -0.05) is 6.07 Å². The van der Waals surface area contributed by atoms with E-state index in [-0.39, 0.29) is 5.69 Å². The van der Waals surface area contributed by atoms with Gasteiger partial charge in [0.1, 0.15) is 5.75 Å². The quantitative estimate of drug-likeness (QED) is 0.813. The number of carbonyl (C=O) groups is 1. The van der Waals surface area contributed by atoms with Gasteiger partial charge in [0.05, 0.1) is 12.3 Å². The molecule has 100 valence electrons. The van der Waals surface area contributed by atoms with E-state index >= 15 is 0 Å². The molecule has 0 heterocycles. The first kappa shape index (κ1) is 14.3. The summed E-state index contributed by atoms with van der Waals surface area (Å²) in [7, 11) is -3.92. The zero-order chi connectivity index (χ0) is 13.8. The maximum atomic E-state index is 11.5. The van der Waals surface area contributed by atoms with Crippen LogP contribution in [0.15, 0.2) is 18.2 Å². The minimum atomic E-state index is -3.92. The molecule has 6 nitrogen and oxygen atoms in total. The van der Waals surface area contributed by atoms with Crippen molar-refractivity contribution in [2.24, 2.45) is 0 Å². The molecule has 7 heteroatoms. The number of carboxylic acids is 1. The summed E-state index contributed by atoms with van der Waals surface area (Å²) in [5.74, 6) is -2.01. The number of aryl methyl sites for hydroxylation is 1. The number of sulfonamides is 1. The summed E-state index contributed by atoms with van der Waals surface area (Å²) in [4.78, 5) is 10.4. The highest BCUT2D eigenvalue weighted by atomic mass is 32.2. The van der Waals surface area contributed by atoms with Crippen LogP contribution in [0.4, 0.5) is 5.69 Å². The van der Waals surface area contributed by atoms with Gasteiger partial charge in [-0.05, 0) is 31.5 Å². The van der Waals surface area contributed by atoms with Gasteiger partial charge >= 0.3 is 5.97 Å². The predicted octanol–water partition coefficient (Wildman–Crippen LogP) is 1.22. The van der Waals surface area contributed by atoms with Gasteiger partial charge < -0.3 is 9.84 Å². The Hall–Kier alpha value is -1.76. The van der Waals surface area contributed by atoms with Crippen LogP contribution in [0.3, 0.4) is 0 Å². The second kappa shape index (κ2) is 5.72. The molecule has 0 spiro atoms. The number of aliphatic carboxylic acids is 1. The summed E-state index contributed by atoms with van der Waals surface area (Å²) in [5, 5.41) is 8.49. The van der Waals surface area contributed by atoms with E-state index in [9.17, 15) is 13.2 Å². The smallest absolute Gasteiger partial charge is 0.320 e. The lowest BCUT2D eigenvalue weighted by atomic mass is 10.2. The molecule has 0 saturated carbocycles. The van der Waals surface area contributed by atoms with Crippen molar-refractivity contribution in [2.45, 2.75) is 13.8 Å². The van der Waals surface area contributed by atoms with Gasteiger partial charge in [0.15, 0.2) is 5.75 Å². The van der Waals surface area contributed by atoms with Gasteiger partial charge in [0.25, 0.3) is 0 Å². The van der Waals surface area contributed by atoms with E-state index < -0.39 is 21.7 Å². The average molecular weight is 273 g/mol. The SMILES string of the molecule is CCOc1cc(C)ccc1NS(=O)(=O)CC(=O)O. The van der Waals surface area contributed by atoms with Crippen molar-refractivity contribution in [3.63, 3.8) is 0 Å². The van der Waals surface area contributed by atoms with E-state index in [4.69, 9.17) is 9.84 Å². The summed E-state index contributed by atoms with van der Waals surface area (Å²) in [6, 6.07) is 4.93. The second-order valence-corrected chi connectivity index (χ2v) is 5.41. The molecule has 0 bridgehead atoms. The highest BCUT2D eigenvalue weighted by Crippen LogP contribution is 2.26. The van der Waals surface area contributed by atoms with Crippen molar-refractivity contribution >= 4 is 21.7 Å². The summed E-state index contributed by atoms with van der Waals surface area (Å²) in [5.41, 5.74) is 1.16. The molecule has 0 fully saturated rings.